The second kappa shape index (κ2) is 5.90. The fraction of sp³-hybridized carbons (Fsp3) is 0.417. The lowest BCUT2D eigenvalue weighted by molar-refractivity contribution is -0.117. The van der Waals surface area contributed by atoms with Crippen LogP contribution >= 0.6 is 15.9 Å². The van der Waals surface area contributed by atoms with Crippen LogP contribution in [0, 0.1) is 11.7 Å². The number of nitrogens with two attached hydrogens (primary N) is 1. The zero-order valence-electron chi connectivity index (χ0n) is 11.2. The summed E-state index contributed by atoms with van der Waals surface area (Å²) in [6.45, 7) is 0.159. The van der Waals surface area contributed by atoms with Gasteiger partial charge in [-0.1, -0.05) is 0 Å². The molecule has 1 heterocycles. The number of rotatable bonds is 4. The van der Waals surface area contributed by atoms with Crippen LogP contribution in [0.1, 0.15) is 6.42 Å². The van der Waals surface area contributed by atoms with E-state index in [4.69, 9.17) is 9.88 Å². The first-order chi connectivity index (χ1) is 9.71. The molecule has 1 fully saturated rings. The van der Waals surface area contributed by atoms with E-state index in [1.807, 2.05) is 0 Å². The fourth-order valence-corrected chi connectivity index (χ4v) is 3.55. The van der Waals surface area contributed by atoms with E-state index in [1.54, 1.807) is 0 Å². The fourth-order valence-electron chi connectivity index (χ4n) is 2.35. The van der Waals surface area contributed by atoms with E-state index in [1.165, 1.54) is 24.1 Å². The molecular weight excluding hydrogens is 367 g/mol. The predicted octanol–water partition coefficient (Wildman–Crippen LogP) is 1.24. The van der Waals surface area contributed by atoms with E-state index >= 15 is 0 Å². The van der Waals surface area contributed by atoms with Crippen LogP contribution < -0.4 is 14.8 Å². The van der Waals surface area contributed by atoms with Crippen molar-refractivity contribution < 1.29 is 22.3 Å². The molecule has 2 N–H and O–H groups in total. The first-order valence-electron chi connectivity index (χ1n) is 6.05. The summed E-state index contributed by atoms with van der Waals surface area (Å²) in [7, 11) is -2.25. The molecule has 1 amide bonds. The molecular formula is C12H14BrFN2O4S. The quantitative estimate of drug-likeness (QED) is 0.850. The number of ether oxygens (including phenoxy) is 1. The molecule has 1 aliphatic heterocycles. The summed E-state index contributed by atoms with van der Waals surface area (Å²) in [5.74, 6) is -1.19. The standard InChI is InChI=1S/C12H14BrFN2O4S/c1-20-11-3-8(13)9(14)4-10(11)16-5-7(2-12(16)17)6-21(15,18)19/h3-4,7H,2,5-6H2,1H3,(H2,15,18,19). The molecule has 0 spiro atoms. The van der Waals surface area contributed by atoms with Crippen LogP contribution in [-0.4, -0.2) is 33.7 Å². The maximum absolute atomic E-state index is 13.7. The van der Waals surface area contributed by atoms with Gasteiger partial charge in [-0.25, -0.2) is 17.9 Å². The smallest absolute Gasteiger partial charge is 0.227 e. The third-order valence-electron chi connectivity index (χ3n) is 3.19. The number of benzene rings is 1. The summed E-state index contributed by atoms with van der Waals surface area (Å²) >= 11 is 3.04. The zero-order chi connectivity index (χ0) is 15.8. The lowest BCUT2D eigenvalue weighted by Gasteiger charge is -2.20. The van der Waals surface area contributed by atoms with E-state index in [0.29, 0.717) is 5.75 Å². The summed E-state index contributed by atoms with van der Waals surface area (Å²) in [6.07, 6.45) is 0.0528. The van der Waals surface area contributed by atoms with Gasteiger partial charge in [-0.15, -0.1) is 0 Å². The summed E-state index contributed by atoms with van der Waals surface area (Å²) < 4.78 is 41.3. The van der Waals surface area contributed by atoms with E-state index in [0.717, 1.165) is 0 Å². The molecule has 1 unspecified atom stereocenters. The Morgan fingerprint density at radius 2 is 2.19 bits per heavy atom. The van der Waals surface area contributed by atoms with Gasteiger partial charge < -0.3 is 9.64 Å². The maximum atomic E-state index is 13.7. The Hall–Kier alpha value is -1.19. The third kappa shape index (κ3) is 3.72. The van der Waals surface area contributed by atoms with Gasteiger partial charge in [0.1, 0.15) is 11.6 Å². The van der Waals surface area contributed by atoms with Crippen molar-refractivity contribution in [3.63, 3.8) is 0 Å². The molecule has 0 radical (unpaired) electrons. The Balaban J connectivity index is 2.31. The molecule has 9 heteroatoms. The highest BCUT2D eigenvalue weighted by Gasteiger charge is 2.34. The number of halogens is 2. The highest BCUT2D eigenvalue weighted by molar-refractivity contribution is 9.10. The highest BCUT2D eigenvalue weighted by atomic mass is 79.9. The molecule has 0 aromatic heterocycles. The molecule has 1 aliphatic rings. The van der Waals surface area contributed by atoms with Crippen LogP contribution in [-0.2, 0) is 14.8 Å². The molecule has 21 heavy (non-hydrogen) atoms. The minimum absolute atomic E-state index is 0.0528. The SMILES string of the molecule is COc1cc(Br)c(F)cc1N1CC(CS(N)(=O)=O)CC1=O. The van der Waals surface area contributed by atoms with Crippen LogP contribution in [0.25, 0.3) is 0 Å². The molecule has 0 aliphatic carbocycles. The van der Waals surface area contributed by atoms with E-state index < -0.39 is 21.8 Å². The lowest BCUT2D eigenvalue weighted by atomic mass is 10.1. The zero-order valence-corrected chi connectivity index (χ0v) is 13.6. The molecule has 1 aromatic rings. The molecule has 1 saturated heterocycles. The molecule has 1 atom stereocenters. The summed E-state index contributed by atoms with van der Waals surface area (Å²) in [5, 5.41) is 5.00. The monoisotopic (exact) mass is 380 g/mol. The van der Waals surface area contributed by atoms with Crippen molar-refractivity contribution >= 4 is 37.5 Å². The van der Waals surface area contributed by atoms with Crippen molar-refractivity contribution in [2.45, 2.75) is 6.42 Å². The number of hydrogen-bond acceptors (Lipinski definition) is 4. The second-order valence-corrected chi connectivity index (χ2v) is 7.36. The molecule has 1 aromatic carbocycles. The number of anilines is 1. The molecule has 116 valence electrons. The van der Waals surface area contributed by atoms with Gasteiger partial charge in [0.05, 0.1) is 23.0 Å². The number of primary sulfonamides is 1. The number of carbonyl (C=O) groups is 1. The van der Waals surface area contributed by atoms with Gasteiger partial charge in [-0.2, -0.15) is 0 Å². The normalized spacial score (nSPS) is 19.1. The van der Waals surface area contributed by atoms with Crippen molar-refractivity contribution in [3.05, 3.63) is 22.4 Å². The summed E-state index contributed by atoms with van der Waals surface area (Å²) in [5.41, 5.74) is 0.278. The number of carbonyl (C=O) groups excluding carboxylic acids is 1. The van der Waals surface area contributed by atoms with Gasteiger partial charge >= 0.3 is 0 Å². The van der Waals surface area contributed by atoms with Gasteiger partial charge in [-0.05, 0) is 22.0 Å². The largest absolute Gasteiger partial charge is 0.495 e. The van der Waals surface area contributed by atoms with Crippen molar-refractivity contribution in [2.75, 3.05) is 24.3 Å². The first-order valence-corrected chi connectivity index (χ1v) is 8.56. The number of nitrogens with zero attached hydrogens (tertiary/aromatic N) is 1. The minimum Gasteiger partial charge on any atom is -0.495 e. The highest BCUT2D eigenvalue weighted by Crippen LogP contribution is 2.36. The molecule has 0 saturated carbocycles. The number of sulfonamides is 1. The Kier molecular flexibility index (Phi) is 4.54. The van der Waals surface area contributed by atoms with Gasteiger partial charge in [0, 0.05) is 24.9 Å². The van der Waals surface area contributed by atoms with Gasteiger partial charge in [0.15, 0.2) is 0 Å². The van der Waals surface area contributed by atoms with Crippen molar-refractivity contribution in [1.82, 2.24) is 0 Å². The Bertz CT molecular complexity index is 680. The molecule has 2 rings (SSSR count). The number of methoxy groups -OCH3 is 1. The second-order valence-electron chi connectivity index (χ2n) is 4.84. The van der Waals surface area contributed by atoms with E-state index in [-0.39, 0.29) is 34.8 Å². The maximum Gasteiger partial charge on any atom is 0.227 e. The van der Waals surface area contributed by atoms with Crippen LogP contribution in [0.2, 0.25) is 0 Å². The minimum atomic E-state index is -3.66. The van der Waals surface area contributed by atoms with Gasteiger partial charge in [-0.3, -0.25) is 4.79 Å². The van der Waals surface area contributed by atoms with Crippen LogP contribution in [0.3, 0.4) is 0 Å². The summed E-state index contributed by atoms with van der Waals surface area (Å²) in [6, 6.07) is 2.60. The van der Waals surface area contributed by atoms with Crippen molar-refractivity contribution in [1.29, 1.82) is 0 Å². The Labute approximate surface area is 130 Å². The third-order valence-corrected chi connectivity index (χ3v) is 4.73. The number of hydrogen-bond donors (Lipinski definition) is 1. The molecule has 6 nitrogen and oxygen atoms in total. The van der Waals surface area contributed by atoms with E-state index in [9.17, 15) is 17.6 Å². The van der Waals surface area contributed by atoms with Crippen LogP contribution in [0.4, 0.5) is 10.1 Å². The van der Waals surface area contributed by atoms with Gasteiger partial charge in [0.25, 0.3) is 0 Å². The average molecular weight is 381 g/mol. The van der Waals surface area contributed by atoms with Crippen molar-refractivity contribution in [2.24, 2.45) is 11.1 Å². The lowest BCUT2D eigenvalue weighted by Crippen LogP contribution is -2.27. The summed E-state index contributed by atoms with van der Waals surface area (Å²) in [4.78, 5) is 13.4. The number of amides is 1. The first kappa shape index (κ1) is 16.2. The van der Waals surface area contributed by atoms with Crippen LogP contribution in [0.5, 0.6) is 5.75 Å². The van der Waals surface area contributed by atoms with Crippen molar-refractivity contribution in [3.8, 4) is 5.75 Å². The van der Waals surface area contributed by atoms with Crippen LogP contribution in [0.15, 0.2) is 16.6 Å². The Morgan fingerprint density at radius 3 is 2.76 bits per heavy atom. The van der Waals surface area contributed by atoms with Gasteiger partial charge in [0.2, 0.25) is 15.9 Å². The topological polar surface area (TPSA) is 89.7 Å². The van der Waals surface area contributed by atoms with E-state index in [2.05, 4.69) is 15.9 Å². The average Bonchev–Trinajstić information content (AvgIpc) is 2.70. The Morgan fingerprint density at radius 1 is 1.52 bits per heavy atom. The predicted molar refractivity (Wildman–Crippen MR) is 79.1 cm³/mol. The molecule has 0 bridgehead atoms.